The lowest BCUT2D eigenvalue weighted by molar-refractivity contribution is -0.136. The van der Waals surface area contributed by atoms with Crippen molar-refractivity contribution in [3.63, 3.8) is 0 Å². The highest BCUT2D eigenvalue weighted by Crippen LogP contribution is 2.45. The normalized spacial score (nSPS) is 18.2. The summed E-state index contributed by atoms with van der Waals surface area (Å²) in [5.74, 6) is -0.814. The molecule has 0 saturated carbocycles. The number of benzene rings is 2. The zero-order chi connectivity index (χ0) is 20.8. The van der Waals surface area contributed by atoms with Gasteiger partial charge in [-0.25, -0.2) is 0 Å². The lowest BCUT2D eigenvalue weighted by Crippen LogP contribution is -2.41. The smallest absolute Gasteiger partial charge is 0.264 e. The fraction of sp³-hybridized carbons (Fsp3) is 0.217. The molecular weight excluding hydrogens is 434 g/mol. The van der Waals surface area contributed by atoms with E-state index in [4.69, 9.17) is 4.42 Å². The molecule has 1 amide bonds. The largest absolute Gasteiger partial charge is 0.461 e. The summed E-state index contributed by atoms with van der Waals surface area (Å²) in [7, 11) is 0. The Morgan fingerprint density at radius 2 is 1.97 bits per heavy atom. The van der Waals surface area contributed by atoms with Gasteiger partial charge in [-0.3, -0.25) is 9.59 Å². The molecule has 2 heterocycles. The van der Waals surface area contributed by atoms with Crippen molar-refractivity contribution in [1.82, 2.24) is 0 Å². The third kappa shape index (κ3) is 3.43. The van der Waals surface area contributed by atoms with Gasteiger partial charge in [0, 0.05) is 10.0 Å². The Morgan fingerprint density at radius 3 is 2.66 bits per heavy atom. The van der Waals surface area contributed by atoms with Crippen LogP contribution < -0.4 is 4.90 Å². The molecule has 1 aromatic heterocycles. The summed E-state index contributed by atoms with van der Waals surface area (Å²) >= 11 is 3.40. The van der Waals surface area contributed by atoms with Crippen LogP contribution in [0.5, 0.6) is 0 Å². The van der Waals surface area contributed by atoms with Gasteiger partial charge in [0.15, 0.2) is 11.4 Å². The monoisotopic (exact) mass is 453 g/mol. The highest BCUT2D eigenvalue weighted by Gasteiger charge is 2.51. The molecule has 1 aliphatic heterocycles. The maximum atomic E-state index is 13.4. The molecule has 0 fully saturated rings. The molecule has 148 valence electrons. The molecule has 4 rings (SSSR count). The van der Waals surface area contributed by atoms with Crippen molar-refractivity contribution in [2.75, 3.05) is 4.90 Å². The number of hydrogen-bond donors (Lipinski definition) is 1. The van der Waals surface area contributed by atoms with E-state index in [1.54, 1.807) is 23.1 Å². The van der Waals surface area contributed by atoms with Gasteiger partial charge in [-0.1, -0.05) is 39.7 Å². The molecule has 0 saturated heterocycles. The number of hydrogen-bond acceptors (Lipinski definition) is 4. The molecule has 0 radical (unpaired) electrons. The SMILES string of the molecule is Cc1ccc(CN2C(=O)[C@](O)(CC(=O)c3ccco3)c3cc(Br)ccc32)c(C)c1. The number of aliphatic hydroxyl groups is 1. The molecule has 0 spiro atoms. The molecule has 0 bridgehead atoms. The first-order chi connectivity index (χ1) is 13.8. The van der Waals surface area contributed by atoms with Crippen molar-refractivity contribution < 1.29 is 19.1 Å². The summed E-state index contributed by atoms with van der Waals surface area (Å²) < 4.78 is 5.88. The van der Waals surface area contributed by atoms with Crippen molar-refractivity contribution in [2.45, 2.75) is 32.4 Å². The number of aryl methyl sites for hydroxylation is 2. The molecule has 0 aliphatic carbocycles. The first-order valence-electron chi connectivity index (χ1n) is 9.27. The van der Waals surface area contributed by atoms with E-state index >= 15 is 0 Å². The standard InChI is InChI=1S/C23H20BrNO4/c1-14-5-6-16(15(2)10-14)13-25-19-8-7-17(24)11-18(19)23(28,22(25)27)12-20(26)21-4-3-9-29-21/h3-11,28H,12-13H2,1-2H3/t23-/m0/s1. The number of ketones is 1. The first kappa shape index (κ1) is 19.6. The third-order valence-corrected chi connectivity index (χ3v) is 5.83. The number of anilines is 1. The van der Waals surface area contributed by atoms with Gasteiger partial charge >= 0.3 is 0 Å². The Kier molecular flexibility index (Phi) is 4.92. The van der Waals surface area contributed by atoms with Gasteiger partial charge in [0.2, 0.25) is 5.78 Å². The molecule has 0 unspecified atom stereocenters. The molecule has 5 nitrogen and oxygen atoms in total. The number of nitrogens with zero attached hydrogens (tertiary/aromatic N) is 1. The summed E-state index contributed by atoms with van der Waals surface area (Å²) in [6.07, 6.45) is 1.01. The van der Waals surface area contributed by atoms with Gasteiger partial charge in [-0.05, 0) is 55.3 Å². The number of Topliss-reactive ketones (excluding diaryl/α,β-unsaturated/α-hetero) is 1. The van der Waals surface area contributed by atoms with Gasteiger partial charge in [-0.2, -0.15) is 0 Å². The Morgan fingerprint density at radius 1 is 1.17 bits per heavy atom. The minimum atomic E-state index is -1.94. The van der Waals surface area contributed by atoms with Crippen molar-refractivity contribution in [2.24, 2.45) is 0 Å². The fourth-order valence-corrected chi connectivity index (χ4v) is 4.16. The number of rotatable bonds is 5. The summed E-state index contributed by atoms with van der Waals surface area (Å²) in [6.45, 7) is 4.33. The van der Waals surface area contributed by atoms with Crippen molar-refractivity contribution >= 4 is 33.3 Å². The first-order valence-corrected chi connectivity index (χ1v) is 10.1. The van der Waals surface area contributed by atoms with Crippen molar-refractivity contribution in [3.8, 4) is 0 Å². The fourth-order valence-electron chi connectivity index (χ4n) is 3.80. The molecule has 2 aromatic carbocycles. The highest BCUT2D eigenvalue weighted by atomic mass is 79.9. The minimum absolute atomic E-state index is 0.121. The molecular formula is C23H20BrNO4. The summed E-state index contributed by atoms with van der Waals surface area (Å²) in [5, 5.41) is 11.4. The van der Waals surface area contributed by atoms with Crippen molar-refractivity contribution in [3.05, 3.63) is 87.3 Å². The second kappa shape index (κ2) is 7.28. The van der Waals surface area contributed by atoms with Crippen LogP contribution in [0.1, 0.15) is 39.2 Å². The van der Waals surface area contributed by atoms with Crippen molar-refractivity contribution in [1.29, 1.82) is 0 Å². The Hall–Kier alpha value is -2.70. The second-order valence-electron chi connectivity index (χ2n) is 7.42. The maximum Gasteiger partial charge on any atom is 0.264 e. The van der Waals surface area contributed by atoms with E-state index in [-0.39, 0.29) is 12.2 Å². The van der Waals surface area contributed by atoms with Crippen LogP contribution in [-0.4, -0.2) is 16.8 Å². The number of amides is 1. The van der Waals surface area contributed by atoms with Gasteiger partial charge in [-0.15, -0.1) is 0 Å². The molecule has 29 heavy (non-hydrogen) atoms. The number of halogens is 1. The molecule has 3 aromatic rings. The minimum Gasteiger partial charge on any atom is -0.461 e. The molecule has 6 heteroatoms. The Labute approximate surface area is 177 Å². The van der Waals surface area contributed by atoms with Crippen LogP contribution in [0.2, 0.25) is 0 Å². The zero-order valence-corrected chi connectivity index (χ0v) is 17.7. The Balaban J connectivity index is 1.73. The summed E-state index contributed by atoms with van der Waals surface area (Å²) in [4.78, 5) is 27.5. The van der Waals surface area contributed by atoms with E-state index in [9.17, 15) is 14.7 Å². The van der Waals surface area contributed by atoms with E-state index in [1.807, 2.05) is 32.0 Å². The van der Waals surface area contributed by atoms with Gasteiger partial charge < -0.3 is 14.4 Å². The number of fused-ring (bicyclic) bond motifs is 1. The quantitative estimate of drug-likeness (QED) is 0.569. The number of carbonyl (C=O) groups is 2. The predicted octanol–water partition coefficient (Wildman–Crippen LogP) is 4.67. The van der Waals surface area contributed by atoms with Crippen LogP contribution in [0.25, 0.3) is 0 Å². The van der Waals surface area contributed by atoms with E-state index in [0.29, 0.717) is 17.8 Å². The van der Waals surface area contributed by atoms with Crippen LogP contribution in [-0.2, 0) is 16.9 Å². The van der Waals surface area contributed by atoms with E-state index < -0.39 is 17.3 Å². The van der Waals surface area contributed by atoms with Gasteiger partial charge in [0.1, 0.15) is 0 Å². The van der Waals surface area contributed by atoms with Gasteiger partial charge in [0.25, 0.3) is 5.91 Å². The number of carbonyl (C=O) groups excluding carboxylic acids is 2. The zero-order valence-electron chi connectivity index (χ0n) is 16.1. The van der Waals surface area contributed by atoms with Crippen LogP contribution in [0.3, 0.4) is 0 Å². The maximum absolute atomic E-state index is 13.4. The second-order valence-corrected chi connectivity index (χ2v) is 8.34. The molecule has 1 atom stereocenters. The lowest BCUT2D eigenvalue weighted by atomic mass is 9.89. The van der Waals surface area contributed by atoms with E-state index in [0.717, 1.165) is 21.2 Å². The number of furan rings is 1. The van der Waals surface area contributed by atoms with Crippen LogP contribution in [0, 0.1) is 13.8 Å². The molecule has 1 aliphatic rings. The molecule has 1 N–H and O–H groups in total. The average Bonchev–Trinajstić information content (AvgIpc) is 3.27. The topological polar surface area (TPSA) is 70.8 Å². The Bertz CT molecular complexity index is 1110. The van der Waals surface area contributed by atoms with E-state index in [2.05, 4.69) is 22.0 Å². The summed E-state index contributed by atoms with van der Waals surface area (Å²) in [6, 6.07) is 14.5. The van der Waals surface area contributed by atoms with Crippen LogP contribution in [0.4, 0.5) is 5.69 Å². The van der Waals surface area contributed by atoms with Crippen LogP contribution >= 0.6 is 15.9 Å². The highest BCUT2D eigenvalue weighted by molar-refractivity contribution is 9.10. The average molecular weight is 454 g/mol. The third-order valence-electron chi connectivity index (χ3n) is 5.33. The lowest BCUT2D eigenvalue weighted by Gasteiger charge is -2.23. The van der Waals surface area contributed by atoms with Crippen LogP contribution in [0.15, 0.2) is 63.7 Å². The summed E-state index contributed by atoms with van der Waals surface area (Å²) in [5.41, 5.74) is 2.28. The van der Waals surface area contributed by atoms with E-state index in [1.165, 1.54) is 12.3 Å². The van der Waals surface area contributed by atoms with Gasteiger partial charge in [0.05, 0.1) is 24.9 Å². The predicted molar refractivity (Wildman–Crippen MR) is 113 cm³/mol.